The first-order chi connectivity index (χ1) is 28.2. The Bertz CT molecular complexity index is 2960. The summed E-state index contributed by atoms with van der Waals surface area (Å²) in [6.45, 7) is 0. The number of fused-ring (bicyclic) bond motifs is 8. The Morgan fingerprint density at radius 1 is 0.439 bits per heavy atom. The van der Waals surface area contributed by atoms with Gasteiger partial charge in [-0.3, -0.25) is 0 Å². The summed E-state index contributed by atoms with van der Waals surface area (Å²) in [5.41, 5.74) is 12.4. The van der Waals surface area contributed by atoms with Crippen LogP contribution in [0.15, 0.2) is 210 Å². The van der Waals surface area contributed by atoms with Crippen LogP contribution in [0.4, 0.5) is 11.4 Å². The molecule has 0 radical (unpaired) electrons. The van der Waals surface area contributed by atoms with E-state index in [2.05, 4.69) is 204 Å². The summed E-state index contributed by atoms with van der Waals surface area (Å²) in [7, 11) is 0. The van der Waals surface area contributed by atoms with Crippen molar-refractivity contribution in [3.8, 4) is 33.4 Å². The summed E-state index contributed by atoms with van der Waals surface area (Å²) in [5.74, 6) is 1.49. The fourth-order valence-corrected chi connectivity index (χ4v) is 8.45. The number of amidine groups is 2. The van der Waals surface area contributed by atoms with E-state index < -0.39 is 0 Å². The van der Waals surface area contributed by atoms with Gasteiger partial charge in [0.2, 0.25) is 0 Å². The molecule has 2 N–H and O–H groups in total. The first-order valence-corrected chi connectivity index (χ1v) is 19.5. The zero-order valence-electron chi connectivity index (χ0n) is 31.0. The Hall–Kier alpha value is -7.50. The van der Waals surface area contributed by atoms with Crippen molar-refractivity contribution in [1.29, 1.82) is 0 Å². The van der Waals surface area contributed by atoms with E-state index in [1.165, 1.54) is 49.6 Å². The number of hydrogen-bond acceptors (Lipinski definition) is 5. The summed E-state index contributed by atoms with van der Waals surface area (Å²) in [4.78, 5) is 12.8. The van der Waals surface area contributed by atoms with Crippen molar-refractivity contribution in [1.82, 2.24) is 5.32 Å². The highest BCUT2D eigenvalue weighted by Gasteiger charge is 2.31. The Morgan fingerprint density at radius 3 is 1.84 bits per heavy atom. The van der Waals surface area contributed by atoms with Gasteiger partial charge in [0.15, 0.2) is 5.84 Å². The molecule has 3 aliphatic rings. The predicted octanol–water partition coefficient (Wildman–Crippen LogP) is 12.1. The second-order valence-corrected chi connectivity index (χ2v) is 14.7. The molecule has 0 fully saturated rings. The number of benzene rings is 8. The van der Waals surface area contributed by atoms with Crippen LogP contribution in [-0.2, 0) is 0 Å². The van der Waals surface area contributed by atoms with Crippen molar-refractivity contribution in [2.45, 2.75) is 12.3 Å². The molecular formula is C52H37N5. The summed E-state index contributed by atoms with van der Waals surface area (Å²) >= 11 is 0. The van der Waals surface area contributed by atoms with Crippen LogP contribution in [0, 0.1) is 0 Å². The van der Waals surface area contributed by atoms with Crippen LogP contribution in [0.1, 0.15) is 22.9 Å². The molecule has 0 aromatic heterocycles. The first kappa shape index (κ1) is 32.9. The summed E-state index contributed by atoms with van der Waals surface area (Å²) in [5, 5.41) is 12.4. The smallest absolute Gasteiger partial charge is 0.159 e. The van der Waals surface area contributed by atoms with Crippen molar-refractivity contribution in [3.05, 3.63) is 217 Å². The molecule has 0 spiro atoms. The molecule has 5 nitrogen and oxygen atoms in total. The average Bonchev–Trinajstić information content (AvgIpc) is 3.70. The molecule has 8 aromatic rings. The number of allylic oxidation sites excluding steroid dienone is 2. The van der Waals surface area contributed by atoms with Gasteiger partial charge in [0.05, 0.1) is 11.4 Å². The number of anilines is 2. The third kappa shape index (κ3) is 5.88. The number of rotatable bonds is 6. The van der Waals surface area contributed by atoms with Gasteiger partial charge in [-0.2, -0.15) is 0 Å². The average molecular weight is 732 g/mol. The van der Waals surface area contributed by atoms with E-state index in [-0.39, 0.29) is 12.3 Å². The second kappa shape index (κ2) is 13.7. The van der Waals surface area contributed by atoms with Gasteiger partial charge in [-0.25, -0.2) is 9.98 Å². The van der Waals surface area contributed by atoms with Crippen molar-refractivity contribution in [2.24, 2.45) is 9.98 Å². The van der Waals surface area contributed by atoms with Crippen molar-refractivity contribution in [3.63, 3.8) is 0 Å². The minimum atomic E-state index is -0.328. The van der Waals surface area contributed by atoms with Crippen molar-refractivity contribution < 1.29 is 0 Å². The number of hydrogen-bond donors (Lipinski definition) is 2. The molecule has 2 atom stereocenters. The number of nitrogens with zero attached hydrogens (tertiary/aromatic N) is 3. The highest BCUT2D eigenvalue weighted by molar-refractivity contribution is 6.22. The van der Waals surface area contributed by atoms with Gasteiger partial charge >= 0.3 is 0 Å². The van der Waals surface area contributed by atoms with Crippen LogP contribution in [-0.4, -0.2) is 17.8 Å². The topological polar surface area (TPSA) is 52.0 Å². The minimum absolute atomic E-state index is 0.118. The Balaban J connectivity index is 0.982. The van der Waals surface area contributed by atoms with E-state index >= 15 is 0 Å². The summed E-state index contributed by atoms with van der Waals surface area (Å²) in [6, 6.07) is 62.5. The molecule has 11 rings (SSSR count). The van der Waals surface area contributed by atoms with Gasteiger partial charge in [0, 0.05) is 28.1 Å². The van der Waals surface area contributed by atoms with Crippen molar-refractivity contribution in [2.75, 3.05) is 10.2 Å². The second-order valence-electron chi connectivity index (χ2n) is 14.7. The predicted molar refractivity (Wildman–Crippen MR) is 238 cm³/mol. The normalized spacial score (nSPS) is 16.7. The molecule has 3 heterocycles. The van der Waals surface area contributed by atoms with Gasteiger partial charge in [0.1, 0.15) is 18.2 Å². The largest absolute Gasteiger partial charge is 0.359 e. The van der Waals surface area contributed by atoms with Gasteiger partial charge in [0.25, 0.3) is 0 Å². The molecule has 0 amide bonds. The maximum absolute atomic E-state index is 5.25. The monoisotopic (exact) mass is 731 g/mol. The molecule has 8 aromatic carbocycles. The maximum Gasteiger partial charge on any atom is 0.159 e. The van der Waals surface area contributed by atoms with Gasteiger partial charge in [-0.05, 0) is 80.1 Å². The van der Waals surface area contributed by atoms with Crippen LogP contribution in [0.3, 0.4) is 0 Å². The van der Waals surface area contributed by atoms with E-state index in [1.807, 2.05) is 12.1 Å². The Morgan fingerprint density at radius 2 is 1.05 bits per heavy atom. The Kier molecular flexibility index (Phi) is 7.88. The first-order valence-electron chi connectivity index (χ1n) is 19.5. The van der Waals surface area contributed by atoms with Gasteiger partial charge in [-0.15, -0.1) is 0 Å². The number of aliphatic imine (C=N–C) groups is 2. The molecular weight excluding hydrogens is 695 g/mol. The molecule has 3 aliphatic heterocycles. The zero-order chi connectivity index (χ0) is 37.7. The molecule has 2 unspecified atom stereocenters. The van der Waals surface area contributed by atoms with E-state index in [1.54, 1.807) is 0 Å². The fourth-order valence-electron chi connectivity index (χ4n) is 8.45. The Labute approximate surface area is 331 Å². The van der Waals surface area contributed by atoms with Crippen LogP contribution >= 0.6 is 0 Å². The highest BCUT2D eigenvalue weighted by Crippen LogP contribution is 2.48. The maximum atomic E-state index is 5.25. The molecule has 270 valence electrons. The van der Waals surface area contributed by atoms with Crippen LogP contribution in [0.5, 0.6) is 0 Å². The third-order valence-electron chi connectivity index (χ3n) is 11.3. The van der Waals surface area contributed by atoms with Gasteiger partial charge < -0.3 is 15.5 Å². The van der Waals surface area contributed by atoms with E-state index in [4.69, 9.17) is 9.98 Å². The third-order valence-corrected chi connectivity index (χ3v) is 11.3. The molecule has 0 aliphatic carbocycles. The van der Waals surface area contributed by atoms with Crippen LogP contribution in [0.2, 0.25) is 0 Å². The lowest BCUT2D eigenvalue weighted by Gasteiger charge is -2.24. The summed E-state index contributed by atoms with van der Waals surface area (Å²) < 4.78 is 0. The lowest BCUT2D eigenvalue weighted by atomic mass is 9.94. The molecule has 57 heavy (non-hydrogen) atoms. The van der Waals surface area contributed by atoms with E-state index in [9.17, 15) is 0 Å². The quantitative estimate of drug-likeness (QED) is 0.167. The molecule has 0 saturated carbocycles. The number of nitrogens with one attached hydrogen (secondary N) is 2. The zero-order valence-corrected chi connectivity index (χ0v) is 31.0. The van der Waals surface area contributed by atoms with E-state index in [0.717, 1.165) is 39.2 Å². The van der Waals surface area contributed by atoms with Gasteiger partial charge in [-0.1, -0.05) is 164 Å². The van der Waals surface area contributed by atoms with Crippen LogP contribution in [0.25, 0.3) is 54.9 Å². The van der Waals surface area contributed by atoms with Crippen molar-refractivity contribution >= 4 is 44.6 Å². The standard InChI is InChI=1S/C52H37N5/c1-3-13-34(14-4-1)38-17-11-19-41(31-38)51-54-50(55-52(56-51)42-20-12-18-39(32-42)35-15-5-2-6-16-35)37-26-24-36(25-27-37)40-28-29-45-46(33-40)43-21-7-8-22-44(43)48-49(45)57-30-10-9-23-47(57)53-48/h1-33,47,51,53H,(H,54,55,56). The highest BCUT2D eigenvalue weighted by atomic mass is 15.3. The minimum Gasteiger partial charge on any atom is -0.359 e. The lowest BCUT2D eigenvalue weighted by molar-refractivity contribution is 0.674. The lowest BCUT2D eigenvalue weighted by Crippen LogP contribution is -2.33. The SMILES string of the molecule is C1=CC2Nc3c(c4ccc(-c5ccc(C6=NC(c7cccc(-c8ccccc8)c7)NC(c7cccc(-c8ccccc8)c7)=N6)cc5)cc4c4ccccc34)N2C=C1. The van der Waals surface area contributed by atoms with E-state index in [0.29, 0.717) is 5.84 Å². The molecule has 0 saturated heterocycles. The molecule has 0 bridgehead atoms. The molecule has 5 heteroatoms. The fraction of sp³-hybridized carbons (Fsp3) is 0.0385. The summed E-state index contributed by atoms with van der Waals surface area (Å²) in [6.07, 6.45) is 8.39. The van der Waals surface area contributed by atoms with Crippen LogP contribution < -0.4 is 15.5 Å².